The number of allylic oxidation sites excluding steroid dienone is 1. The Labute approximate surface area is 143 Å². The van der Waals surface area contributed by atoms with Crippen LogP contribution in [-0.4, -0.2) is 8.07 Å². The van der Waals surface area contributed by atoms with Gasteiger partial charge in [-0.2, -0.15) is 0 Å². The van der Waals surface area contributed by atoms with Gasteiger partial charge in [-0.05, 0) is 6.92 Å². The van der Waals surface area contributed by atoms with Crippen LogP contribution in [0.15, 0.2) is 11.8 Å². The number of hydrogen-bond donors (Lipinski definition) is 0. The van der Waals surface area contributed by atoms with E-state index in [0.717, 1.165) is 0 Å². The molecule has 0 heterocycles. The summed E-state index contributed by atoms with van der Waals surface area (Å²) >= 11 is 0. The second-order valence-electron chi connectivity index (χ2n) is 7.83. The van der Waals surface area contributed by atoms with Crippen LogP contribution in [0.1, 0.15) is 104 Å². The zero-order chi connectivity index (χ0) is 16.5. The molecular formula is C21H44Si. The van der Waals surface area contributed by atoms with Crippen molar-refractivity contribution in [2.45, 2.75) is 123 Å². The van der Waals surface area contributed by atoms with Crippen molar-refractivity contribution in [1.82, 2.24) is 0 Å². The van der Waals surface area contributed by atoms with Gasteiger partial charge in [0.05, 0.1) is 8.07 Å². The molecule has 0 aromatic rings. The molecule has 0 bridgehead atoms. The van der Waals surface area contributed by atoms with E-state index in [0.29, 0.717) is 0 Å². The summed E-state index contributed by atoms with van der Waals surface area (Å²) in [6, 6.07) is 1.48. The third-order valence-corrected chi connectivity index (χ3v) is 7.67. The lowest BCUT2D eigenvalue weighted by molar-refractivity contribution is 0.538. The summed E-state index contributed by atoms with van der Waals surface area (Å²) in [6.45, 7) is 9.45. The first-order valence-corrected chi connectivity index (χ1v) is 13.5. The van der Waals surface area contributed by atoms with Crippen LogP contribution in [0, 0.1) is 0 Å². The van der Waals surface area contributed by atoms with Gasteiger partial charge in [0, 0.05) is 0 Å². The molecule has 0 fully saturated rings. The van der Waals surface area contributed by atoms with Crippen molar-refractivity contribution in [1.29, 1.82) is 0 Å². The largest absolute Gasteiger partial charge is 0.0989 e. The fourth-order valence-electron chi connectivity index (χ4n) is 3.31. The van der Waals surface area contributed by atoms with Gasteiger partial charge in [0.25, 0.3) is 0 Å². The predicted molar refractivity (Wildman–Crippen MR) is 107 cm³/mol. The van der Waals surface area contributed by atoms with Crippen molar-refractivity contribution < 1.29 is 0 Å². The van der Waals surface area contributed by atoms with Gasteiger partial charge in [0.1, 0.15) is 0 Å². The average Bonchev–Trinajstić information content (AvgIpc) is 2.47. The Kier molecular flexibility index (Phi) is 15.8. The smallest absolute Gasteiger partial charge is 0.0713 e. The average molecular weight is 325 g/mol. The van der Waals surface area contributed by atoms with E-state index < -0.39 is 8.07 Å². The fraction of sp³-hybridized carbons (Fsp3) is 0.905. The SMILES string of the molecule is CC=C[Si](C)(C)CCCCCCCCCCCCCCCC. The van der Waals surface area contributed by atoms with Crippen molar-refractivity contribution in [3.05, 3.63) is 11.8 Å². The minimum Gasteiger partial charge on any atom is -0.0989 e. The number of rotatable bonds is 16. The van der Waals surface area contributed by atoms with E-state index in [-0.39, 0.29) is 0 Å². The Bertz CT molecular complexity index is 242. The molecule has 0 rings (SSSR count). The Hall–Kier alpha value is -0.0431. The molecule has 0 atom stereocenters. The van der Waals surface area contributed by atoms with E-state index in [9.17, 15) is 0 Å². The van der Waals surface area contributed by atoms with E-state index in [4.69, 9.17) is 0 Å². The first-order chi connectivity index (χ1) is 10.6. The maximum atomic E-state index is 2.50. The summed E-state index contributed by atoms with van der Waals surface area (Å²) < 4.78 is 0. The van der Waals surface area contributed by atoms with E-state index >= 15 is 0 Å². The molecule has 0 nitrogen and oxygen atoms in total. The molecule has 0 aliphatic heterocycles. The molecule has 0 radical (unpaired) electrons. The maximum Gasteiger partial charge on any atom is 0.0713 e. The monoisotopic (exact) mass is 324 g/mol. The molecule has 0 amide bonds. The number of unbranched alkanes of at least 4 members (excludes halogenated alkanes) is 13. The highest BCUT2D eigenvalue weighted by Gasteiger charge is 2.14. The zero-order valence-electron chi connectivity index (χ0n) is 16.3. The van der Waals surface area contributed by atoms with Crippen LogP contribution in [0.4, 0.5) is 0 Å². The first-order valence-electron chi connectivity index (χ1n) is 10.3. The Balaban J connectivity index is 3.15. The minimum absolute atomic E-state index is 0.987. The lowest BCUT2D eigenvalue weighted by Crippen LogP contribution is -2.21. The van der Waals surface area contributed by atoms with Crippen LogP contribution < -0.4 is 0 Å². The third kappa shape index (κ3) is 16.3. The van der Waals surface area contributed by atoms with E-state index in [1.54, 1.807) is 0 Å². The number of hydrogen-bond acceptors (Lipinski definition) is 0. The van der Waals surface area contributed by atoms with Crippen LogP contribution in [0.25, 0.3) is 0 Å². The maximum absolute atomic E-state index is 2.50. The Morgan fingerprint density at radius 2 is 0.955 bits per heavy atom. The van der Waals surface area contributed by atoms with Gasteiger partial charge in [0.15, 0.2) is 0 Å². The molecule has 0 aliphatic rings. The van der Waals surface area contributed by atoms with Gasteiger partial charge in [-0.15, -0.1) is 0 Å². The zero-order valence-corrected chi connectivity index (χ0v) is 17.3. The Morgan fingerprint density at radius 1 is 0.591 bits per heavy atom. The topological polar surface area (TPSA) is 0 Å². The quantitative estimate of drug-likeness (QED) is 0.198. The summed E-state index contributed by atoms with van der Waals surface area (Å²) in [6.07, 6.45) is 22.8. The molecule has 0 spiro atoms. The molecular weight excluding hydrogens is 280 g/mol. The molecule has 0 aromatic carbocycles. The molecule has 0 aromatic heterocycles. The van der Waals surface area contributed by atoms with Gasteiger partial charge in [-0.25, -0.2) is 0 Å². The molecule has 22 heavy (non-hydrogen) atoms. The van der Waals surface area contributed by atoms with Gasteiger partial charge in [-0.1, -0.05) is 128 Å². The molecule has 0 saturated carbocycles. The van der Waals surface area contributed by atoms with Gasteiger partial charge < -0.3 is 0 Å². The van der Waals surface area contributed by atoms with Crippen molar-refractivity contribution in [3.8, 4) is 0 Å². The summed E-state index contributed by atoms with van der Waals surface area (Å²) in [5, 5.41) is 0. The third-order valence-electron chi connectivity index (χ3n) is 4.79. The summed E-state index contributed by atoms with van der Waals surface area (Å²) in [7, 11) is -0.987. The summed E-state index contributed by atoms with van der Waals surface area (Å²) in [4.78, 5) is 0. The molecule has 1 heteroatoms. The van der Waals surface area contributed by atoms with Crippen LogP contribution in [0.5, 0.6) is 0 Å². The summed E-state index contributed by atoms with van der Waals surface area (Å²) in [5.74, 6) is 0. The highest BCUT2D eigenvalue weighted by Crippen LogP contribution is 2.18. The standard InChI is InChI=1S/C21H44Si/c1-5-7-8-9-10-11-12-13-14-15-16-17-18-19-21-22(3,4)20-6-2/h6,20H,5,7-19,21H2,1-4H3. The second-order valence-corrected chi connectivity index (χ2v) is 12.6. The van der Waals surface area contributed by atoms with Crippen molar-refractivity contribution in [3.63, 3.8) is 0 Å². The van der Waals surface area contributed by atoms with E-state index in [2.05, 4.69) is 38.7 Å². The van der Waals surface area contributed by atoms with Crippen LogP contribution in [-0.2, 0) is 0 Å². The van der Waals surface area contributed by atoms with Crippen molar-refractivity contribution >= 4 is 8.07 Å². The van der Waals surface area contributed by atoms with E-state index in [1.807, 2.05) is 0 Å². The second kappa shape index (κ2) is 15.8. The molecule has 0 unspecified atom stereocenters. The highest BCUT2D eigenvalue weighted by molar-refractivity contribution is 6.82. The van der Waals surface area contributed by atoms with Crippen LogP contribution >= 0.6 is 0 Å². The lowest BCUT2D eigenvalue weighted by Gasteiger charge is -2.17. The minimum atomic E-state index is -0.987. The predicted octanol–water partition coefficient (Wildman–Crippen LogP) is 8.29. The lowest BCUT2D eigenvalue weighted by atomic mass is 10.0. The molecule has 0 aliphatic carbocycles. The van der Waals surface area contributed by atoms with Crippen LogP contribution in [0.2, 0.25) is 19.1 Å². The fourth-order valence-corrected chi connectivity index (χ4v) is 5.54. The van der Waals surface area contributed by atoms with Gasteiger partial charge >= 0.3 is 0 Å². The molecule has 132 valence electrons. The van der Waals surface area contributed by atoms with Crippen molar-refractivity contribution in [2.24, 2.45) is 0 Å². The highest BCUT2D eigenvalue weighted by atomic mass is 28.3. The first kappa shape index (κ1) is 22.0. The molecule has 0 saturated heterocycles. The Morgan fingerprint density at radius 3 is 1.32 bits per heavy atom. The normalized spacial score (nSPS) is 12.4. The summed E-state index contributed by atoms with van der Waals surface area (Å²) in [5.41, 5.74) is 2.50. The van der Waals surface area contributed by atoms with Crippen molar-refractivity contribution in [2.75, 3.05) is 0 Å². The van der Waals surface area contributed by atoms with E-state index in [1.165, 1.54) is 95.9 Å². The van der Waals surface area contributed by atoms with Crippen LogP contribution in [0.3, 0.4) is 0 Å². The van der Waals surface area contributed by atoms with Gasteiger partial charge in [-0.3, -0.25) is 0 Å². The molecule has 0 N–H and O–H groups in total. The van der Waals surface area contributed by atoms with Gasteiger partial charge in [0.2, 0.25) is 0 Å².